The number of benzene rings is 2. The highest BCUT2D eigenvalue weighted by molar-refractivity contribution is 6.23. The summed E-state index contributed by atoms with van der Waals surface area (Å²) in [5.41, 5.74) is 3.10. The Morgan fingerprint density at radius 1 is 0.900 bits per heavy atom. The number of non-ortho nitro benzene ring substituents is 1. The number of imide groups is 2. The van der Waals surface area contributed by atoms with Crippen molar-refractivity contribution >= 4 is 46.5 Å². The van der Waals surface area contributed by atoms with Gasteiger partial charge in [0.2, 0.25) is 11.8 Å². The molecular weight excluding hydrogens is 640 g/mol. The van der Waals surface area contributed by atoms with Gasteiger partial charge in [0, 0.05) is 92.8 Å². The van der Waals surface area contributed by atoms with Gasteiger partial charge in [0.15, 0.2) is 0 Å². The Morgan fingerprint density at radius 2 is 1.64 bits per heavy atom. The van der Waals surface area contributed by atoms with Crippen molar-refractivity contribution in [3.8, 4) is 0 Å². The molecule has 6 heterocycles. The van der Waals surface area contributed by atoms with Crippen LogP contribution in [0, 0.1) is 26.9 Å². The SMILES string of the molecule is N=C(c1cccc([N+](=O)[O-])c1)c1ccnc(N2CC3(CN(CC4CCN(c5ccc6c(c5)C(=O)N(C5CCC(=O)NC5=O)C6=O)CC4)C3)C2)c1. The molecule has 0 saturated carbocycles. The van der Waals surface area contributed by atoms with Crippen molar-refractivity contribution in [1.82, 2.24) is 20.1 Å². The second-order valence-electron chi connectivity index (χ2n) is 14.2. The maximum absolute atomic E-state index is 13.3. The number of pyridine rings is 1. The normalized spacial score (nSPS) is 21.9. The number of fused-ring (bicyclic) bond motifs is 1. The van der Waals surface area contributed by atoms with Gasteiger partial charge in [-0.1, -0.05) is 12.1 Å². The van der Waals surface area contributed by atoms with Crippen LogP contribution in [0.25, 0.3) is 0 Å². The summed E-state index contributed by atoms with van der Waals surface area (Å²) in [7, 11) is 0. The van der Waals surface area contributed by atoms with Gasteiger partial charge in [-0.25, -0.2) is 4.98 Å². The summed E-state index contributed by atoms with van der Waals surface area (Å²) in [5.74, 6) is -0.595. The van der Waals surface area contributed by atoms with Crippen LogP contribution in [0.4, 0.5) is 17.2 Å². The van der Waals surface area contributed by atoms with Gasteiger partial charge in [-0.15, -0.1) is 0 Å². The molecule has 50 heavy (non-hydrogen) atoms. The van der Waals surface area contributed by atoms with E-state index in [1.54, 1.807) is 36.5 Å². The molecule has 0 aliphatic carbocycles. The van der Waals surface area contributed by atoms with E-state index in [9.17, 15) is 29.3 Å². The van der Waals surface area contributed by atoms with Gasteiger partial charge < -0.3 is 14.7 Å². The first-order valence-electron chi connectivity index (χ1n) is 17.0. The highest BCUT2D eigenvalue weighted by Crippen LogP contribution is 2.42. The Bertz CT molecular complexity index is 1960. The number of nitrogens with zero attached hydrogens (tertiary/aromatic N) is 6. The zero-order valence-corrected chi connectivity index (χ0v) is 27.3. The minimum absolute atomic E-state index is 0.0385. The number of carbonyl (C=O) groups is 4. The molecule has 1 unspecified atom stereocenters. The number of carbonyl (C=O) groups excluding carboxylic acids is 4. The molecule has 1 spiro atoms. The van der Waals surface area contributed by atoms with Crippen LogP contribution in [0.5, 0.6) is 0 Å². The number of aromatic nitrogens is 1. The Hall–Kier alpha value is -5.50. The first-order valence-corrected chi connectivity index (χ1v) is 17.0. The molecule has 5 aliphatic heterocycles. The molecule has 2 N–H and O–H groups in total. The fraction of sp³-hybridized carbons (Fsp3) is 0.389. The lowest BCUT2D eigenvalue weighted by Gasteiger charge is -2.61. The smallest absolute Gasteiger partial charge is 0.270 e. The molecule has 4 amide bonds. The maximum Gasteiger partial charge on any atom is 0.270 e. The van der Waals surface area contributed by atoms with E-state index in [4.69, 9.17) is 5.41 Å². The zero-order valence-electron chi connectivity index (χ0n) is 27.3. The van der Waals surface area contributed by atoms with Crippen LogP contribution in [0.3, 0.4) is 0 Å². The van der Waals surface area contributed by atoms with Crippen LogP contribution in [-0.2, 0) is 9.59 Å². The van der Waals surface area contributed by atoms with E-state index in [1.807, 2.05) is 12.1 Å². The van der Waals surface area contributed by atoms with Gasteiger partial charge in [0.25, 0.3) is 17.5 Å². The maximum atomic E-state index is 13.3. The summed E-state index contributed by atoms with van der Waals surface area (Å²) in [4.78, 5) is 73.6. The molecule has 14 heteroatoms. The van der Waals surface area contributed by atoms with Gasteiger partial charge in [0.05, 0.1) is 21.8 Å². The number of anilines is 2. The molecule has 3 aromatic rings. The first kappa shape index (κ1) is 31.7. The average Bonchev–Trinajstić information content (AvgIpc) is 3.33. The van der Waals surface area contributed by atoms with Crippen molar-refractivity contribution in [3.05, 3.63) is 93.2 Å². The standard InChI is InChI=1S/C36H36N8O6/c37-32(23-2-1-3-26(14-23)44(49)50)24-8-11-38-30(15-24)42-20-36(21-42)18-40(19-36)17-22-9-12-41(13-10-22)25-4-5-27-28(16-25)35(48)43(34(27)47)29-6-7-31(45)39-33(29)46/h1-5,8,11,14-16,22,29,37H,6-7,9-10,12-13,17-21H2,(H,39,45,46). The molecule has 14 nitrogen and oxygen atoms in total. The Kier molecular flexibility index (Phi) is 7.70. The van der Waals surface area contributed by atoms with Gasteiger partial charge in [-0.05, 0) is 55.5 Å². The van der Waals surface area contributed by atoms with Crippen molar-refractivity contribution < 1.29 is 24.1 Å². The van der Waals surface area contributed by atoms with E-state index in [1.165, 1.54) is 12.1 Å². The molecule has 4 fully saturated rings. The van der Waals surface area contributed by atoms with Crippen LogP contribution in [0.1, 0.15) is 57.5 Å². The van der Waals surface area contributed by atoms with Crippen molar-refractivity contribution in [2.24, 2.45) is 11.3 Å². The van der Waals surface area contributed by atoms with Crippen molar-refractivity contribution in [3.63, 3.8) is 0 Å². The minimum Gasteiger partial charge on any atom is -0.371 e. The highest BCUT2D eigenvalue weighted by Gasteiger charge is 2.52. The van der Waals surface area contributed by atoms with Crippen LogP contribution < -0.4 is 15.1 Å². The number of hydrogen-bond acceptors (Lipinski definition) is 11. The molecule has 1 aromatic heterocycles. The van der Waals surface area contributed by atoms with E-state index in [0.29, 0.717) is 28.2 Å². The predicted molar refractivity (Wildman–Crippen MR) is 182 cm³/mol. The highest BCUT2D eigenvalue weighted by atomic mass is 16.6. The molecule has 8 rings (SSSR count). The third-order valence-corrected chi connectivity index (χ3v) is 10.8. The third kappa shape index (κ3) is 5.58. The lowest BCUT2D eigenvalue weighted by molar-refractivity contribution is -0.384. The van der Waals surface area contributed by atoms with Crippen LogP contribution in [0.2, 0.25) is 0 Å². The number of rotatable bonds is 8. The van der Waals surface area contributed by atoms with E-state index >= 15 is 0 Å². The Balaban J connectivity index is 0.814. The fourth-order valence-electron chi connectivity index (χ4n) is 8.24. The molecular formula is C36H36N8O6. The van der Waals surface area contributed by atoms with Crippen LogP contribution >= 0.6 is 0 Å². The lowest BCUT2D eigenvalue weighted by atomic mass is 9.72. The fourth-order valence-corrected chi connectivity index (χ4v) is 8.24. The average molecular weight is 677 g/mol. The van der Waals surface area contributed by atoms with Gasteiger partial charge in [-0.3, -0.25) is 44.9 Å². The molecule has 4 saturated heterocycles. The first-order chi connectivity index (χ1) is 24.1. The number of likely N-dealkylation sites (tertiary alicyclic amines) is 1. The molecule has 0 radical (unpaired) electrons. The van der Waals surface area contributed by atoms with E-state index in [-0.39, 0.29) is 29.7 Å². The minimum atomic E-state index is -0.971. The lowest BCUT2D eigenvalue weighted by Crippen LogP contribution is -2.72. The van der Waals surface area contributed by atoms with E-state index in [2.05, 4.69) is 25.0 Å². The molecule has 256 valence electrons. The number of piperidine rings is 2. The number of nitro groups is 1. The summed E-state index contributed by atoms with van der Waals surface area (Å²) in [6.45, 7) is 6.63. The molecule has 2 aromatic carbocycles. The topological polar surface area (TPSA) is 173 Å². The number of hydrogen-bond donors (Lipinski definition) is 2. The predicted octanol–water partition coefficient (Wildman–Crippen LogP) is 2.85. The molecule has 1 atom stereocenters. The zero-order chi connectivity index (χ0) is 34.7. The summed E-state index contributed by atoms with van der Waals surface area (Å²) in [6, 6.07) is 14.2. The second kappa shape index (κ2) is 12.1. The quantitative estimate of drug-likeness (QED) is 0.156. The third-order valence-electron chi connectivity index (χ3n) is 10.8. The Morgan fingerprint density at radius 3 is 2.38 bits per heavy atom. The largest absolute Gasteiger partial charge is 0.371 e. The van der Waals surface area contributed by atoms with Crippen molar-refractivity contribution in [2.45, 2.75) is 31.7 Å². The van der Waals surface area contributed by atoms with Crippen LogP contribution in [0.15, 0.2) is 60.8 Å². The van der Waals surface area contributed by atoms with Crippen molar-refractivity contribution in [2.75, 3.05) is 55.6 Å². The molecule has 5 aliphatic rings. The summed E-state index contributed by atoms with van der Waals surface area (Å²) in [5, 5.41) is 22.0. The monoisotopic (exact) mass is 676 g/mol. The van der Waals surface area contributed by atoms with Crippen molar-refractivity contribution in [1.29, 1.82) is 5.41 Å². The van der Waals surface area contributed by atoms with Gasteiger partial charge >= 0.3 is 0 Å². The second-order valence-corrected chi connectivity index (χ2v) is 14.2. The van der Waals surface area contributed by atoms with E-state index < -0.39 is 34.6 Å². The van der Waals surface area contributed by atoms with E-state index in [0.717, 1.165) is 75.1 Å². The van der Waals surface area contributed by atoms with Gasteiger partial charge in [0.1, 0.15) is 11.9 Å². The Labute approximate surface area is 287 Å². The summed E-state index contributed by atoms with van der Waals surface area (Å²) >= 11 is 0. The number of amides is 4. The number of nitrogens with one attached hydrogen (secondary N) is 2. The number of nitro benzene ring substituents is 1. The van der Waals surface area contributed by atoms with Gasteiger partial charge in [-0.2, -0.15) is 0 Å². The van der Waals surface area contributed by atoms with Crippen LogP contribution in [-0.4, -0.2) is 101 Å². The molecule has 0 bridgehead atoms. The summed E-state index contributed by atoms with van der Waals surface area (Å²) < 4.78 is 0. The summed E-state index contributed by atoms with van der Waals surface area (Å²) in [6.07, 6.45) is 3.96.